The van der Waals surface area contributed by atoms with Gasteiger partial charge in [0.15, 0.2) is 0 Å². The van der Waals surface area contributed by atoms with Crippen molar-refractivity contribution < 1.29 is 14.3 Å². The summed E-state index contributed by atoms with van der Waals surface area (Å²) in [5, 5.41) is 2.98. The van der Waals surface area contributed by atoms with Gasteiger partial charge < -0.3 is 9.64 Å². The zero-order valence-electron chi connectivity index (χ0n) is 15.8. The molecule has 1 amide bonds. The number of benzene rings is 3. The Kier molecular flexibility index (Phi) is 5.48. The SMILES string of the molecule is CCOC(=O)CN1C(=O)CC(c2cccc(Cl)c2Cl)c2c1ccc1ccccc21. The fourth-order valence-corrected chi connectivity index (χ4v) is 4.41. The molecule has 1 aliphatic heterocycles. The molecule has 3 aromatic carbocycles. The average molecular weight is 428 g/mol. The molecular weight excluding hydrogens is 409 g/mol. The lowest BCUT2D eigenvalue weighted by atomic mass is 9.81. The molecule has 0 saturated carbocycles. The van der Waals surface area contributed by atoms with E-state index in [0.717, 1.165) is 21.9 Å². The minimum atomic E-state index is -0.431. The normalized spacial score (nSPS) is 16.0. The Labute approximate surface area is 179 Å². The largest absolute Gasteiger partial charge is 0.465 e. The summed E-state index contributed by atoms with van der Waals surface area (Å²) < 4.78 is 5.07. The highest BCUT2D eigenvalue weighted by Gasteiger charge is 2.35. The van der Waals surface area contributed by atoms with Gasteiger partial charge in [-0.25, -0.2) is 0 Å². The molecule has 0 bridgehead atoms. The maximum Gasteiger partial charge on any atom is 0.326 e. The van der Waals surface area contributed by atoms with Gasteiger partial charge in [0.2, 0.25) is 5.91 Å². The van der Waals surface area contributed by atoms with Crippen molar-refractivity contribution in [1.82, 2.24) is 0 Å². The lowest BCUT2D eigenvalue weighted by Crippen LogP contribution is -2.41. The molecule has 0 spiro atoms. The molecule has 1 aliphatic rings. The Hall–Kier alpha value is -2.56. The van der Waals surface area contributed by atoms with Crippen molar-refractivity contribution in [2.45, 2.75) is 19.3 Å². The van der Waals surface area contributed by atoms with Crippen LogP contribution in [-0.4, -0.2) is 25.0 Å². The summed E-state index contributed by atoms with van der Waals surface area (Å²) in [5.41, 5.74) is 2.48. The monoisotopic (exact) mass is 427 g/mol. The number of halogens is 2. The summed E-state index contributed by atoms with van der Waals surface area (Å²) in [6.07, 6.45) is 0.195. The van der Waals surface area contributed by atoms with E-state index in [0.29, 0.717) is 15.7 Å². The molecule has 1 unspecified atom stereocenters. The lowest BCUT2D eigenvalue weighted by Gasteiger charge is -2.35. The Balaban J connectivity index is 1.92. The number of carbonyl (C=O) groups excluding carboxylic acids is 2. The second-order valence-electron chi connectivity index (χ2n) is 6.90. The number of amides is 1. The first-order valence-electron chi connectivity index (χ1n) is 9.42. The van der Waals surface area contributed by atoms with E-state index in [1.165, 1.54) is 4.90 Å². The van der Waals surface area contributed by atoms with Crippen molar-refractivity contribution >= 4 is 51.5 Å². The van der Waals surface area contributed by atoms with E-state index >= 15 is 0 Å². The van der Waals surface area contributed by atoms with Gasteiger partial charge in [-0.1, -0.05) is 65.7 Å². The molecule has 0 saturated heterocycles. The summed E-state index contributed by atoms with van der Waals surface area (Å²) in [7, 11) is 0. The highest BCUT2D eigenvalue weighted by molar-refractivity contribution is 6.42. The smallest absolute Gasteiger partial charge is 0.326 e. The van der Waals surface area contributed by atoms with Crippen LogP contribution < -0.4 is 4.90 Å². The van der Waals surface area contributed by atoms with E-state index in [1.807, 2.05) is 48.5 Å². The van der Waals surface area contributed by atoms with E-state index in [9.17, 15) is 9.59 Å². The van der Waals surface area contributed by atoms with Gasteiger partial charge in [0.1, 0.15) is 6.54 Å². The molecule has 0 aliphatic carbocycles. The zero-order chi connectivity index (χ0) is 20.5. The molecule has 0 fully saturated rings. The van der Waals surface area contributed by atoms with E-state index in [1.54, 1.807) is 13.0 Å². The number of fused-ring (bicyclic) bond motifs is 3. The summed E-state index contributed by atoms with van der Waals surface area (Å²) in [6, 6.07) is 17.3. The lowest BCUT2D eigenvalue weighted by molar-refractivity contribution is -0.142. The predicted molar refractivity (Wildman–Crippen MR) is 116 cm³/mol. The Morgan fingerprint density at radius 2 is 1.90 bits per heavy atom. The van der Waals surface area contributed by atoms with Gasteiger partial charge in [-0.3, -0.25) is 9.59 Å². The fraction of sp³-hybridized carbons (Fsp3) is 0.217. The third kappa shape index (κ3) is 3.59. The molecule has 3 aromatic rings. The molecule has 1 heterocycles. The van der Waals surface area contributed by atoms with Crippen LogP contribution in [0.15, 0.2) is 54.6 Å². The number of ether oxygens (including phenoxy) is 1. The van der Waals surface area contributed by atoms with Crippen LogP contribution in [0.1, 0.15) is 30.4 Å². The number of anilines is 1. The van der Waals surface area contributed by atoms with Crippen molar-refractivity contribution in [1.29, 1.82) is 0 Å². The van der Waals surface area contributed by atoms with Crippen LogP contribution in [0.25, 0.3) is 10.8 Å². The van der Waals surface area contributed by atoms with Crippen molar-refractivity contribution in [2.24, 2.45) is 0 Å². The van der Waals surface area contributed by atoms with Gasteiger partial charge in [0.05, 0.1) is 16.7 Å². The average Bonchev–Trinajstić information content (AvgIpc) is 2.72. The highest BCUT2D eigenvalue weighted by Crippen LogP contribution is 2.46. The molecule has 0 aromatic heterocycles. The van der Waals surface area contributed by atoms with Gasteiger partial charge in [-0.15, -0.1) is 0 Å². The summed E-state index contributed by atoms with van der Waals surface area (Å²) in [6.45, 7) is 1.90. The third-order valence-corrected chi connectivity index (χ3v) is 6.05. The molecule has 0 radical (unpaired) electrons. The topological polar surface area (TPSA) is 46.6 Å². The third-order valence-electron chi connectivity index (χ3n) is 5.22. The summed E-state index contributed by atoms with van der Waals surface area (Å²) in [4.78, 5) is 26.7. The van der Waals surface area contributed by atoms with Crippen molar-refractivity contribution in [3.8, 4) is 0 Å². The highest BCUT2D eigenvalue weighted by atomic mass is 35.5. The standard InChI is InChI=1S/C23H19Cl2NO3/c1-2-29-21(28)13-26-19-11-10-14-6-3-4-7-15(14)22(19)17(12-20(26)27)16-8-5-9-18(24)23(16)25/h3-11,17H,2,12-13H2,1H3. The second kappa shape index (κ2) is 8.05. The van der Waals surface area contributed by atoms with Gasteiger partial charge in [-0.2, -0.15) is 0 Å². The van der Waals surface area contributed by atoms with Crippen molar-refractivity contribution in [3.63, 3.8) is 0 Å². The number of hydrogen-bond donors (Lipinski definition) is 0. The van der Waals surface area contributed by atoms with Gasteiger partial charge >= 0.3 is 5.97 Å². The molecule has 1 atom stereocenters. The number of nitrogens with zero attached hydrogens (tertiary/aromatic N) is 1. The minimum absolute atomic E-state index is 0.117. The van der Waals surface area contributed by atoms with Crippen LogP contribution in [-0.2, 0) is 14.3 Å². The second-order valence-corrected chi connectivity index (χ2v) is 7.69. The minimum Gasteiger partial charge on any atom is -0.465 e. The van der Waals surface area contributed by atoms with E-state index in [2.05, 4.69) is 0 Å². The van der Waals surface area contributed by atoms with Gasteiger partial charge in [0.25, 0.3) is 0 Å². The first-order chi connectivity index (χ1) is 14.0. The van der Waals surface area contributed by atoms with Crippen LogP contribution in [0.2, 0.25) is 10.0 Å². The van der Waals surface area contributed by atoms with Crippen molar-refractivity contribution in [3.05, 3.63) is 75.8 Å². The van der Waals surface area contributed by atoms with Gasteiger partial charge in [0, 0.05) is 18.0 Å². The Morgan fingerprint density at radius 1 is 1.10 bits per heavy atom. The molecule has 4 rings (SSSR count). The quantitative estimate of drug-likeness (QED) is 0.510. The first kappa shape index (κ1) is 19.7. The van der Waals surface area contributed by atoms with Crippen LogP contribution in [0.5, 0.6) is 0 Å². The molecule has 148 valence electrons. The van der Waals surface area contributed by atoms with Crippen LogP contribution in [0.3, 0.4) is 0 Å². The molecule has 29 heavy (non-hydrogen) atoms. The number of esters is 1. The van der Waals surface area contributed by atoms with Crippen LogP contribution >= 0.6 is 23.2 Å². The Bertz CT molecular complexity index is 1110. The first-order valence-corrected chi connectivity index (χ1v) is 10.2. The van der Waals surface area contributed by atoms with Gasteiger partial charge in [-0.05, 0) is 41.0 Å². The van der Waals surface area contributed by atoms with E-state index < -0.39 is 5.97 Å². The molecule has 4 nitrogen and oxygen atoms in total. The molecular formula is C23H19Cl2NO3. The van der Waals surface area contributed by atoms with Crippen molar-refractivity contribution in [2.75, 3.05) is 18.1 Å². The predicted octanol–water partition coefficient (Wildman–Crippen LogP) is 5.58. The molecule has 0 N–H and O–H groups in total. The maximum absolute atomic E-state index is 13.1. The van der Waals surface area contributed by atoms with E-state index in [-0.39, 0.29) is 31.4 Å². The fourth-order valence-electron chi connectivity index (χ4n) is 3.97. The summed E-state index contributed by atoms with van der Waals surface area (Å²) in [5.74, 6) is -0.839. The Morgan fingerprint density at radius 3 is 2.69 bits per heavy atom. The number of carbonyl (C=O) groups is 2. The maximum atomic E-state index is 13.1. The summed E-state index contributed by atoms with van der Waals surface area (Å²) >= 11 is 12.8. The van der Waals surface area contributed by atoms with Crippen LogP contribution in [0, 0.1) is 0 Å². The van der Waals surface area contributed by atoms with E-state index in [4.69, 9.17) is 27.9 Å². The number of rotatable bonds is 4. The number of hydrogen-bond acceptors (Lipinski definition) is 3. The zero-order valence-corrected chi connectivity index (χ0v) is 17.3. The molecule has 6 heteroatoms. The van der Waals surface area contributed by atoms with Crippen LogP contribution in [0.4, 0.5) is 5.69 Å².